The van der Waals surface area contributed by atoms with E-state index >= 15 is 0 Å². The number of furan rings is 1. The summed E-state index contributed by atoms with van der Waals surface area (Å²) >= 11 is 0. The standard InChI is InChI=1S/C11H11NO3/c1-12-5-7-6-15-10-8(7)3-2-4-9(10)11(13)14/h2-4,6,12H,5H2,1H3,(H,13,14). The molecule has 0 aliphatic carbocycles. The Hall–Kier alpha value is -1.81. The van der Waals surface area contributed by atoms with Gasteiger partial charge in [0.15, 0.2) is 0 Å². The molecule has 1 heterocycles. The summed E-state index contributed by atoms with van der Waals surface area (Å²) in [6, 6.07) is 5.12. The highest BCUT2D eigenvalue weighted by Gasteiger charge is 2.13. The lowest BCUT2D eigenvalue weighted by atomic mass is 10.1. The van der Waals surface area contributed by atoms with Crippen LogP contribution in [0.15, 0.2) is 28.9 Å². The Kier molecular flexibility index (Phi) is 2.43. The first-order chi connectivity index (χ1) is 7.24. The zero-order valence-corrected chi connectivity index (χ0v) is 8.28. The highest BCUT2D eigenvalue weighted by molar-refractivity contribution is 6.01. The maximum atomic E-state index is 10.9. The quantitative estimate of drug-likeness (QED) is 0.802. The Morgan fingerprint density at radius 2 is 2.33 bits per heavy atom. The van der Waals surface area contributed by atoms with Crippen molar-refractivity contribution in [2.24, 2.45) is 0 Å². The molecule has 2 rings (SSSR count). The number of carboxylic acids is 1. The van der Waals surface area contributed by atoms with Crippen molar-refractivity contribution in [3.8, 4) is 0 Å². The predicted octanol–water partition coefficient (Wildman–Crippen LogP) is 1.85. The molecule has 1 aromatic heterocycles. The maximum absolute atomic E-state index is 10.9. The molecule has 0 fully saturated rings. The van der Waals surface area contributed by atoms with Crippen molar-refractivity contribution in [2.45, 2.75) is 6.54 Å². The average Bonchev–Trinajstić information content (AvgIpc) is 2.62. The highest BCUT2D eigenvalue weighted by Crippen LogP contribution is 2.24. The minimum Gasteiger partial charge on any atom is -0.478 e. The van der Waals surface area contributed by atoms with Gasteiger partial charge in [-0.15, -0.1) is 0 Å². The van der Waals surface area contributed by atoms with E-state index in [-0.39, 0.29) is 5.56 Å². The first kappa shape index (κ1) is 9.73. The Balaban J connectivity index is 2.63. The van der Waals surface area contributed by atoms with Gasteiger partial charge in [-0.25, -0.2) is 4.79 Å². The van der Waals surface area contributed by atoms with Crippen LogP contribution in [0, 0.1) is 0 Å². The number of aromatic carboxylic acids is 1. The second-order valence-electron chi connectivity index (χ2n) is 3.28. The van der Waals surface area contributed by atoms with Gasteiger partial charge in [0.05, 0.1) is 6.26 Å². The average molecular weight is 205 g/mol. The summed E-state index contributed by atoms with van der Waals surface area (Å²) in [7, 11) is 1.83. The van der Waals surface area contributed by atoms with E-state index in [1.807, 2.05) is 13.1 Å². The molecule has 0 radical (unpaired) electrons. The van der Waals surface area contributed by atoms with Crippen LogP contribution in [0.25, 0.3) is 11.0 Å². The highest BCUT2D eigenvalue weighted by atomic mass is 16.4. The lowest BCUT2D eigenvalue weighted by molar-refractivity contribution is 0.0698. The zero-order valence-electron chi connectivity index (χ0n) is 8.28. The number of para-hydroxylation sites is 1. The first-order valence-electron chi connectivity index (χ1n) is 4.61. The third-order valence-electron chi connectivity index (χ3n) is 2.28. The molecule has 0 saturated carbocycles. The van der Waals surface area contributed by atoms with E-state index in [9.17, 15) is 4.79 Å². The largest absolute Gasteiger partial charge is 0.478 e. The van der Waals surface area contributed by atoms with Crippen LogP contribution in [0.1, 0.15) is 15.9 Å². The lowest BCUT2D eigenvalue weighted by Crippen LogP contribution is -2.04. The molecule has 0 bridgehead atoms. The number of benzene rings is 1. The van der Waals surface area contributed by atoms with Crippen molar-refractivity contribution < 1.29 is 14.3 Å². The van der Waals surface area contributed by atoms with Crippen molar-refractivity contribution in [1.82, 2.24) is 5.32 Å². The molecule has 2 aromatic rings. The molecule has 0 aliphatic heterocycles. The SMILES string of the molecule is CNCc1coc2c(C(=O)O)cccc12. The van der Waals surface area contributed by atoms with Gasteiger partial charge in [-0.1, -0.05) is 12.1 Å². The second-order valence-corrected chi connectivity index (χ2v) is 3.28. The van der Waals surface area contributed by atoms with E-state index in [0.29, 0.717) is 12.1 Å². The fourth-order valence-electron chi connectivity index (χ4n) is 1.61. The Morgan fingerprint density at radius 1 is 1.53 bits per heavy atom. The van der Waals surface area contributed by atoms with Gasteiger partial charge in [0.2, 0.25) is 0 Å². The van der Waals surface area contributed by atoms with Crippen LogP contribution in [-0.4, -0.2) is 18.1 Å². The van der Waals surface area contributed by atoms with Gasteiger partial charge in [-0.05, 0) is 13.1 Å². The van der Waals surface area contributed by atoms with Gasteiger partial charge >= 0.3 is 5.97 Å². The lowest BCUT2D eigenvalue weighted by Gasteiger charge is -1.97. The Bertz CT molecular complexity index is 502. The van der Waals surface area contributed by atoms with Crippen LogP contribution in [0.5, 0.6) is 0 Å². The molecule has 4 heteroatoms. The summed E-state index contributed by atoms with van der Waals surface area (Å²) in [5.74, 6) is -0.967. The van der Waals surface area contributed by atoms with Crippen LogP contribution in [0.4, 0.5) is 0 Å². The zero-order chi connectivity index (χ0) is 10.8. The van der Waals surface area contributed by atoms with Crippen LogP contribution >= 0.6 is 0 Å². The Labute approximate surface area is 86.5 Å². The summed E-state index contributed by atoms with van der Waals surface area (Å²) in [5, 5.41) is 12.8. The van der Waals surface area contributed by atoms with E-state index in [2.05, 4.69) is 5.32 Å². The van der Waals surface area contributed by atoms with E-state index in [1.54, 1.807) is 12.3 Å². The molecule has 1 aromatic carbocycles. The molecule has 0 spiro atoms. The summed E-state index contributed by atoms with van der Waals surface area (Å²) in [5.41, 5.74) is 1.61. The van der Waals surface area contributed by atoms with E-state index in [0.717, 1.165) is 10.9 Å². The number of carbonyl (C=O) groups is 1. The van der Waals surface area contributed by atoms with Gasteiger partial charge in [-0.2, -0.15) is 0 Å². The van der Waals surface area contributed by atoms with E-state index in [4.69, 9.17) is 9.52 Å². The molecule has 0 saturated heterocycles. The second kappa shape index (κ2) is 3.74. The van der Waals surface area contributed by atoms with Crippen LogP contribution in [0.2, 0.25) is 0 Å². The number of hydrogen-bond donors (Lipinski definition) is 2. The van der Waals surface area contributed by atoms with Crippen LogP contribution in [0.3, 0.4) is 0 Å². The summed E-state index contributed by atoms with van der Waals surface area (Å²) in [4.78, 5) is 10.9. The molecular formula is C11H11NO3. The number of nitrogens with one attached hydrogen (secondary N) is 1. The van der Waals surface area contributed by atoms with Gasteiger partial charge < -0.3 is 14.8 Å². The van der Waals surface area contributed by atoms with E-state index < -0.39 is 5.97 Å². The van der Waals surface area contributed by atoms with E-state index in [1.165, 1.54) is 6.07 Å². The van der Waals surface area contributed by atoms with Crippen LogP contribution < -0.4 is 5.32 Å². The fourth-order valence-corrected chi connectivity index (χ4v) is 1.61. The van der Waals surface area contributed by atoms with Gasteiger partial charge in [0.25, 0.3) is 0 Å². The van der Waals surface area contributed by atoms with Crippen molar-refractivity contribution in [2.75, 3.05) is 7.05 Å². The van der Waals surface area contributed by atoms with Gasteiger partial charge in [0, 0.05) is 17.5 Å². The molecular weight excluding hydrogens is 194 g/mol. The molecule has 2 N–H and O–H groups in total. The first-order valence-corrected chi connectivity index (χ1v) is 4.61. The molecule has 0 aliphatic rings. The van der Waals surface area contributed by atoms with Gasteiger partial charge in [-0.3, -0.25) is 0 Å². The topological polar surface area (TPSA) is 62.5 Å². The maximum Gasteiger partial charge on any atom is 0.339 e. The van der Waals surface area contributed by atoms with Gasteiger partial charge in [0.1, 0.15) is 11.1 Å². The third-order valence-corrected chi connectivity index (χ3v) is 2.28. The van der Waals surface area contributed by atoms with Crippen molar-refractivity contribution in [3.05, 3.63) is 35.6 Å². The minimum atomic E-state index is -0.967. The molecule has 0 atom stereocenters. The predicted molar refractivity (Wildman–Crippen MR) is 55.9 cm³/mol. The number of hydrogen-bond acceptors (Lipinski definition) is 3. The summed E-state index contributed by atoms with van der Waals surface area (Å²) in [6.07, 6.45) is 1.59. The van der Waals surface area contributed by atoms with Crippen LogP contribution in [-0.2, 0) is 6.54 Å². The number of fused-ring (bicyclic) bond motifs is 1. The van der Waals surface area contributed by atoms with Crippen molar-refractivity contribution >= 4 is 16.9 Å². The van der Waals surface area contributed by atoms with Crippen molar-refractivity contribution in [3.63, 3.8) is 0 Å². The van der Waals surface area contributed by atoms with Crippen molar-refractivity contribution in [1.29, 1.82) is 0 Å². The third kappa shape index (κ3) is 1.59. The molecule has 15 heavy (non-hydrogen) atoms. The summed E-state index contributed by atoms with van der Waals surface area (Å²) in [6.45, 7) is 0.663. The summed E-state index contributed by atoms with van der Waals surface area (Å²) < 4.78 is 5.27. The molecule has 0 unspecified atom stereocenters. The normalized spacial score (nSPS) is 10.7. The number of carboxylic acid groups (broad SMARTS) is 1. The molecule has 78 valence electrons. The monoisotopic (exact) mass is 205 g/mol. The minimum absolute atomic E-state index is 0.204. The molecule has 4 nitrogen and oxygen atoms in total. The molecule has 0 amide bonds. The number of rotatable bonds is 3. The Morgan fingerprint density at radius 3 is 3.00 bits per heavy atom. The smallest absolute Gasteiger partial charge is 0.339 e. The fraction of sp³-hybridized carbons (Fsp3) is 0.182.